The quantitative estimate of drug-likeness (QED) is 0.783. The van der Waals surface area contributed by atoms with E-state index in [1.54, 1.807) is 24.3 Å². The highest BCUT2D eigenvalue weighted by Crippen LogP contribution is 2.23. The van der Waals surface area contributed by atoms with Crippen molar-refractivity contribution in [2.45, 2.75) is 6.04 Å². The number of aromatic nitrogens is 2. The number of nitrogens with zero attached hydrogens (tertiary/aromatic N) is 2. The maximum atomic E-state index is 11.4. The van der Waals surface area contributed by atoms with Crippen molar-refractivity contribution in [3.63, 3.8) is 0 Å². The second-order valence-corrected chi connectivity index (χ2v) is 4.55. The molecule has 3 rings (SSSR count). The lowest BCUT2D eigenvalue weighted by molar-refractivity contribution is -0.307. The Kier molecular flexibility index (Phi) is 3.47. The van der Waals surface area contributed by atoms with E-state index in [1.807, 2.05) is 30.3 Å². The van der Waals surface area contributed by atoms with Crippen LogP contribution in [0.2, 0.25) is 0 Å². The third-order valence-electron chi connectivity index (χ3n) is 3.19. The van der Waals surface area contributed by atoms with E-state index in [0.717, 1.165) is 10.9 Å². The fourth-order valence-corrected chi connectivity index (χ4v) is 2.18. The molecule has 0 radical (unpaired) electrons. The number of carboxylic acids is 1. The minimum atomic E-state index is -1.20. The summed E-state index contributed by atoms with van der Waals surface area (Å²) >= 11 is 0. The minimum Gasteiger partial charge on any atom is -0.548 e. The number of hydrogen-bond acceptors (Lipinski definition) is 5. The van der Waals surface area contributed by atoms with E-state index in [4.69, 9.17) is 0 Å². The minimum absolute atomic E-state index is 0.471. The van der Waals surface area contributed by atoms with Gasteiger partial charge in [0.1, 0.15) is 12.1 Å². The van der Waals surface area contributed by atoms with Crippen LogP contribution in [-0.2, 0) is 4.79 Å². The summed E-state index contributed by atoms with van der Waals surface area (Å²) in [7, 11) is 0. The molecule has 1 atom stereocenters. The predicted molar refractivity (Wildman–Crippen MR) is 77.4 cm³/mol. The zero-order valence-corrected chi connectivity index (χ0v) is 11.1. The monoisotopic (exact) mass is 278 g/mol. The normalized spacial score (nSPS) is 12.0. The van der Waals surface area contributed by atoms with Crippen LogP contribution in [0.25, 0.3) is 10.9 Å². The topological polar surface area (TPSA) is 77.9 Å². The number of para-hydroxylation sites is 1. The molecular weight excluding hydrogens is 266 g/mol. The van der Waals surface area contributed by atoms with E-state index in [9.17, 15) is 9.90 Å². The molecule has 2 aromatic carbocycles. The number of carbonyl (C=O) groups excluding carboxylic acids is 1. The smallest absolute Gasteiger partial charge is 0.138 e. The van der Waals surface area contributed by atoms with Gasteiger partial charge in [0.2, 0.25) is 0 Å². The van der Waals surface area contributed by atoms with Gasteiger partial charge in [-0.15, -0.1) is 0 Å². The molecule has 0 unspecified atom stereocenters. The maximum Gasteiger partial charge on any atom is 0.138 e. The van der Waals surface area contributed by atoms with Crippen molar-refractivity contribution < 1.29 is 9.90 Å². The first-order chi connectivity index (χ1) is 10.3. The predicted octanol–water partition coefficient (Wildman–Crippen LogP) is 1.53. The third-order valence-corrected chi connectivity index (χ3v) is 3.19. The first kappa shape index (κ1) is 13.1. The fraction of sp³-hybridized carbons (Fsp3) is 0.0625. The van der Waals surface area contributed by atoms with Gasteiger partial charge in [0, 0.05) is 5.39 Å². The molecule has 1 aromatic heterocycles. The van der Waals surface area contributed by atoms with Gasteiger partial charge in [-0.1, -0.05) is 42.5 Å². The number of nitrogens with one attached hydrogen (secondary N) is 1. The molecule has 21 heavy (non-hydrogen) atoms. The summed E-state index contributed by atoms with van der Waals surface area (Å²) in [5, 5.41) is 15.1. The first-order valence-corrected chi connectivity index (χ1v) is 6.48. The highest BCUT2D eigenvalue weighted by molar-refractivity contribution is 5.90. The molecule has 0 aliphatic carbocycles. The summed E-state index contributed by atoms with van der Waals surface area (Å²) in [5.74, 6) is -0.734. The number of anilines is 1. The lowest BCUT2D eigenvalue weighted by atomic mass is 10.1. The molecular formula is C16H12N3O2-. The van der Waals surface area contributed by atoms with Crippen LogP contribution in [0.1, 0.15) is 11.6 Å². The van der Waals surface area contributed by atoms with Crippen LogP contribution in [0, 0.1) is 0 Å². The summed E-state index contributed by atoms with van der Waals surface area (Å²) in [6.07, 6.45) is 1.40. The molecule has 0 aliphatic heterocycles. The number of hydrogen-bond donors (Lipinski definition) is 1. The van der Waals surface area contributed by atoms with Crippen LogP contribution in [0.15, 0.2) is 60.9 Å². The Morgan fingerprint density at radius 2 is 1.71 bits per heavy atom. The second-order valence-electron chi connectivity index (χ2n) is 4.55. The molecule has 0 spiro atoms. The van der Waals surface area contributed by atoms with Crippen molar-refractivity contribution in [3.8, 4) is 0 Å². The highest BCUT2D eigenvalue weighted by atomic mass is 16.4. The van der Waals surface area contributed by atoms with Crippen LogP contribution in [-0.4, -0.2) is 15.9 Å². The molecule has 0 fully saturated rings. The van der Waals surface area contributed by atoms with E-state index in [0.29, 0.717) is 11.4 Å². The molecule has 0 aliphatic rings. The number of rotatable bonds is 4. The summed E-state index contributed by atoms with van der Waals surface area (Å²) < 4.78 is 0. The van der Waals surface area contributed by atoms with Gasteiger partial charge in [0.15, 0.2) is 0 Å². The number of aliphatic carboxylic acids is 1. The van der Waals surface area contributed by atoms with Crippen molar-refractivity contribution in [1.82, 2.24) is 9.97 Å². The van der Waals surface area contributed by atoms with Gasteiger partial charge in [-0.3, -0.25) is 0 Å². The largest absolute Gasteiger partial charge is 0.548 e. The Bertz CT molecular complexity index is 769. The van der Waals surface area contributed by atoms with E-state index < -0.39 is 12.0 Å². The Balaban J connectivity index is 2.01. The van der Waals surface area contributed by atoms with Gasteiger partial charge >= 0.3 is 0 Å². The van der Waals surface area contributed by atoms with Gasteiger partial charge < -0.3 is 15.2 Å². The van der Waals surface area contributed by atoms with Crippen molar-refractivity contribution in [3.05, 3.63) is 66.5 Å². The highest BCUT2D eigenvalue weighted by Gasteiger charge is 2.14. The molecule has 5 nitrogen and oxygen atoms in total. The SMILES string of the molecule is O=C([O-])[C@H](Nc1ncnc2ccccc12)c1ccccc1. The first-order valence-electron chi connectivity index (χ1n) is 6.48. The van der Waals surface area contributed by atoms with Gasteiger partial charge in [-0.05, 0) is 17.7 Å². The Morgan fingerprint density at radius 1 is 1.00 bits per heavy atom. The van der Waals surface area contributed by atoms with Gasteiger partial charge in [-0.2, -0.15) is 0 Å². The summed E-state index contributed by atoms with van der Waals surface area (Å²) in [5.41, 5.74) is 1.36. The van der Waals surface area contributed by atoms with Crippen LogP contribution in [0.4, 0.5) is 5.82 Å². The van der Waals surface area contributed by atoms with Gasteiger partial charge in [0.05, 0.1) is 17.5 Å². The van der Waals surface area contributed by atoms with E-state index in [-0.39, 0.29) is 0 Å². The molecule has 0 saturated carbocycles. The summed E-state index contributed by atoms with van der Waals surface area (Å²) in [6.45, 7) is 0. The Hall–Kier alpha value is -2.95. The van der Waals surface area contributed by atoms with Crippen LogP contribution >= 0.6 is 0 Å². The molecule has 0 bridgehead atoms. The third kappa shape index (κ3) is 2.67. The molecule has 1 N–H and O–H groups in total. The van der Waals surface area contributed by atoms with Crippen molar-refractivity contribution >= 4 is 22.7 Å². The number of benzene rings is 2. The number of fused-ring (bicyclic) bond motifs is 1. The van der Waals surface area contributed by atoms with Crippen molar-refractivity contribution in [1.29, 1.82) is 0 Å². The number of carbonyl (C=O) groups is 1. The Labute approximate surface area is 121 Å². The second kappa shape index (κ2) is 5.58. The van der Waals surface area contributed by atoms with Crippen molar-refractivity contribution in [2.24, 2.45) is 0 Å². The lowest BCUT2D eigenvalue weighted by Crippen LogP contribution is -2.34. The molecule has 3 aromatic rings. The average molecular weight is 278 g/mol. The van der Waals surface area contributed by atoms with Crippen LogP contribution in [0.3, 0.4) is 0 Å². The fourth-order valence-electron chi connectivity index (χ4n) is 2.18. The molecule has 104 valence electrons. The Morgan fingerprint density at radius 3 is 2.48 bits per heavy atom. The molecule has 5 heteroatoms. The summed E-state index contributed by atoms with van der Waals surface area (Å²) in [4.78, 5) is 19.7. The molecule has 0 amide bonds. The van der Waals surface area contributed by atoms with E-state index >= 15 is 0 Å². The summed E-state index contributed by atoms with van der Waals surface area (Å²) in [6, 6.07) is 15.3. The molecule has 1 heterocycles. The van der Waals surface area contributed by atoms with Crippen LogP contribution in [0.5, 0.6) is 0 Å². The van der Waals surface area contributed by atoms with Crippen LogP contribution < -0.4 is 10.4 Å². The lowest BCUT2D eigenvalue weighted by Gasteiger charge is -2.21. The standard InChI is InChI=1S/C16H13N3O2/c20-16(21)14(11-6-2-1-3-7-11)19-15-12-8-4-5-9-13(12)17-10-18-15/h1-10,14H,(H,20,21)(H,17,18,19)/p-1/t14-/m1/s1. The maximum absolute atomic E-state index is 11.4. The zero-order valence-electron chi connectivity index (χ0n) is 11.1. The van der Waals surface area contributed by atoms with E-state index in [1.165, 1.54) is 6.33 Å². The number of carboxylic acid groups (broad SMARTS) is 1. The average Bonchev–Trinajstić information content (AvgIpc) is 2.53. The zero-order chi connectivity index (χ0) is 14.7. The van der Waals surface area contributed by atoms with Crippen molar-refractivity contribution in [2.75, 3.05) is 5.32 Å². The van der Waals surface area contributed by atoms with Gasteiger partial charge in [-0.25, -0.2) is 9.97 Å². The van der Waals surface area contributed by atoms with E-state index in [2.05, 4.69) is 15.3 Å². The molecule has 0 saturated heterocycles. The van der Waals surface area contributed by atoms with Gasteiger partial charge in [0.25, 0.3) is 0 Å².